The van der Waals surface area contributed by atoms with Crippen molar-refractivity contribution in [3.05, 3.63) is 0 Å². The van der Waals surface area contributed by atoms with Crippen molar-refractivity contribution < 1.29 is 9.59 Å². The Hall–Kier alpha value is -1.14. The lowest BCUT2D eigenvalue weighted by Crippen LogP contribution is -2.51. The third-order valence-corrected chi connectivity index (χ3v) is 4.99. The summed E-state index contributed by atoms with van der Waals surface area (Å²) in [6.07, 6.45) is 6.43. The minimum absolute atomic E-state index is 0.0355. The number of nitrogens with zero attached hydrogens (tertiary/aromatic N) is 2. The van der Waals surface area contributed by atoms with E-state index in [1.165, 1.54) is 0 Å². The highest BCUT2D eigenvalue weighted by molar-refractivity contribution is 5.85. The summed E-state index contributed by atoms with van der Waals surface area (Å²) in [5.41, 5.74) is 6.05. The Morgan fingerprint density at radius 2 is 1.81 bits per heavy atom. The predicted molar refractivity (Wildman–Crippen MR) is 79.5 cm³/mol. The van der Waals surface area contributed by atoms with Crippen LogP contribution in [0.15, 0.2) is 0 Å². The second-order valence-corrected chi connectivity index (χ2v) is 6.88. The van der Waals surface area contributed by atoms with Gasteiger partial charge in [0.25, 0.3) is 0 Å². The number of fused-ring (bicyclic) bond motifs is 2. The van der Waals surface area contributed by atoms with Crippen LogP contribution in [0, 0.1) is 0 Å². The van der Waals surface area contributed by atoms with Crippen LogP contribution in [-0.4, -0.2) is 65.9 Å². The molecule has 0 aromatic carbocycles. The van der Waals surface area contributed by atoms with Gasteiger partial charge in [-0.15, -0.1) is 0 Å². The highest BCUT2D eigenvalue weighted by atomic mass is 16.2. The van der Waals surface area contributed by atoms with Crippen molar-refractivity contribution >= 4 is 11.8 Å². The lowest BCUT2D eigenvalue weighted by molar-refractivity contribution is -0.136. The molecule has 0 aromatic rings. The number of hydrogen-bond donors (Lipinski definition) is 2. The summed E-state index contributed by atoms with van der Waals surface area (Å²) in [7, 11) is 1.71. The second-order valence-electron chi connectivity index (χ2n) is 6.88. The van der Waals surface area contributed by atoms with Crippen molar-refractivity contribution in [2.45, 2.75) is 62.7 Å². The molecule has 2 heterocycles. The Morgan fingerprint density at radius 1 is 1.19 bits per heavy atom. The van der Waals surface area contributed by atoms with E-state index in [9.17, 15) is 9.59 Å². The molecule has 0 radical (unpaired) electrons. The molecule has 0 spiro atoms. The number of nitrogens with two attached hydrogens (primary N) is 1. The van der Waals surface area contributed by atoms with Gasteiger partial charge in [-0.2, -0.15) is 0 Å². The molecule has 3 rings (SSSR count). The average Bonchev–Trinajstić information content (AvgIpc) is 3.18. The molecule has 2 bridgehead atoms. The summed E-state index contributed by atoms with van der Waals surface area (Å²) in [6, 6.07) is 1.55. The van der Waals surface area contributed by atoms with Gasteiger partial charge in [0.2, 0.25) is 11.8 Å². The number of nitrogens with one attached hydrogen (secondary N) is 1. The van der Waals surface area contributed by atoms with Crippen molar-refractivity contribution in [3.63, 3.8) is 0 Å². The van der Waals surface area contributed by atoms with Gasteiger partial charge in [-0.25, -0.2) is 0 Å². The predicted octanol–water partition coefficient (Wildman–Crippen LogP) is -0.322. The molecular formula is C15H26N4O2. The van der Waals surface area contributed by atoms with Gasteiger partial charge >= 0.3 is 0 Å². The third-order valence-electron chi connectivity index (χ3n) is 4.99. The Bertz CT molecular complexity index is 410. The van der Waals surface area contributed by atoms with E-state index in [1.807, 2.05) is 0 Å². The molecule has 3 N–H and O–H groups in total. The molecule has 0 aromatic heterocycles. The summed E-state index contributed by atoms with van der Waals surface area (Å²) < 4.78 is 0. The largest absolute Gasteiger partial charge is 0.352 e. The highest BCUT2D eigenvalue weighted by Gasteiger charge is 2.40. The number of likely N-dealkylation sites (N-methyl/N-ethyl adjacent to an activating group) is 1. The fourth-order valence-electron chi connectivity index (χ4n) is 3.66. The number of hydrogen-bond acceptors (Lipinski definition) is 4. The standard InChI is InChI=1S/C15H26N4O2/c1-18(8-14(20)17-11-2-3-11)15(21)9-19-12-4-5-13(19)7-10(16)6-12/h10-13H,2-9,16H2,1H3,(H,17,20). The SMILES string of the molecule is CN(CC(=O)NC1CC1)C(=O)CN1C2CCC1CC(N)C2. The first-order valence-corrected chi connectivity index (χ1v) is 8.07. The quantitative estimate of drug-likeness (QED) is 0.728. The van der Waals surface area contributed by atoms with Crippen LogP contribution in [0.3, 0.4) is 0 Å². The molecule has 21 heavy (non-hydrogen) atoms. The normalized spacial score (nSPS) is 32.0. The van der Waals surface area contributed by atoms with Crippen molar-refractivity contribution in [3.8, 4) is 0 Å². The zero-order chi connectivity index (χ0) is 15.0. The van der Waals surface area contributed by atoms with Crippen LogP contribution in [0.5, 0.6) is 0 Å². The molecule has 3 fully saturated rings. The maximum absolute atomic E-state index is 12.3. The fraction of sp³-hybridized carbons (Fsp3) is 0.867. The van der Waals surface area contributed by atoms with Crippen molar-refractivity contribution in [2.24, 2.45) is 5.73 Å². The van der Waals surface area contributed by atoms with Crippen LogP contribution in [0.25, 0.3) is 0 Å². The van der Waals surface area contributed by atoms with Gasteiger partial charge in [-0.3, -0.25) is 14.5 Å². The summed E-state index contributed by atoms with van der Waals surface area (Å²) >= 11 is 0. The molecule has 1 aliphatic carbocycles. The van der Waals surface area contributed by atoms with E-state index in [2.05, 4.69) is 10.2 Å². The lowest BCUT2D eigenvalue weighted by Gasteiger charge is -2.37. The van der Waals surface area contributed by atoms with Gasteiger partial charge in [0.1, 0.15) is 0 Å². The first-order chi connectivity index (χ1) is 10.0. The van der Waals surface area contributed by atoms with Crippen LogP contribution < -0.4 is 11.1 Å². The molecule has 2 aliphatic heterocycles. The molecule has 118 valence electrons. The molecule has 6 nitrogen and oxygen atoms in total. The highest BCUT2D eigenvalue weighted by Crippen LogP contribution is 2.34. The molecular weight excluding hydrogens is 268 g/mol. The maximum atomic E-state index is 12.3. The first-order valence-electron chi connectivity index (χ1n) is 8.07. The zero-order valence-electron chi connectivity index (χ0n) is 12.8. The maximum Gasteiger partial charge on any atom is 0.239 e. The van der Waals surface area contributed by atoms with Gasteiger partial charge in [-0.1, -0.05) is 0 Å². The molecule has 2 amide bonds. The van der Waals surface area contributed by atoms with E-state index in [4.69, 9.17) is 5.73 Å². The third kappa shape index (κ3) is 3.55. The minimum Gasteiger partial charge on any atom is -0.352 e. The molecule has 3 aliphatic rings. The zero-order valence-corrected chi connectivity index (χ0v) is 12.8. The van der Waals surface area contributed by atoms with Crippen LogP contribution >= 0.6 is 0 Å². The summed E-state index contributed by atoms with van der Waals surface area (Å²) in [6.45, 7) is 0.591. The van der Waals surface area contributed by atoms with E-state index >= 15 is 0 Å². The fourth-order valence-corrected chi connectivity index (χ4v) is 3.66. The number of carbonyl (C=O) groups is 2. The van der Waals surface area contributed by atoms with Crippen molar-refractivity contribution in [1.82, 2.24) is 15.1 Å². The van der Waals surface area contributed by atoms with Crippen LogP contribution in [0.4, 0.5) is 0 Å². The van der Waals surface area contributed by atoms with E-state index in [-0.39, 0.29) is 24.4 Å². The van der Waals surface area contributed by atoms with E-state index < -0.39 is 0 Å². The van der Waals surface area contributed by atoms with Crippen LogP contribution in [0.1, 0.15) is 38.5 Å². The molecule has 2 unspecified atom stereocenters. The molecule has 2 atom stereocenters. The Labute approximate surface area is 126 Å². The Kier molecular flexibility index (Phi) is 4.17. The van der Waals surface area contributed by atoms with Crippen LogP contribution in [-0.2, 0) is 9.59 Å². The lowest BCUT2D eigenvalue weighted by atomic mass is 9.98. The monoisotopic (exact) mass is 294 g/mol. The Balaban J connectivity index is 1.48. The summed E-state index contributed by atoms with van der Waals surface area (Å²) in [5, 5.41) is 2.92. The van der Waals surface area contributed by atoms with E-state index in [0.717, 1.165) is 38.5 Å². The number of piperidine rings is 1. The second kappa shape index (κ2) is 5.93. The topological polar surface area (TPSA) is 78.7 Å². The van der Waals surface area contributed by atoms with Gasteiger partial charge in [0.15, 0.2) is 0 Å². The van der Waals surface area contributed by atoms with Crippen LogP contribution in [0.2, 0.25) is 0 Å². The molecule has 6 heteroatoms. The smallest absolute Gasteiger partial charge is 0.239 e. The number of rotatable bonds is 5. The van der Waals surface area contributed by atoms with Gasteiger partial charge in [0, 0.05) is 31.2 Å². The van der Waals surface area contributed by atoms with E-state index in [1.54, 1.807) is 11.9 Å². The minimum atomic E-state index is -0.0445. The summed E-state index contributed by atoms with van der Waals surface area (Å²) in [4.78, 5) is 27.9. The van der Waals surface area contributed by atoms with Gasteiger partial charge < -0.3 is 16.0 Å². The van der Waals surface area contributed by atoms with Gasteiger partial charge in [0.05, 0.1) is 13.1 Å². The number of carbonyl (C=O) groups excluding carboxylic acids is 2. The van der Waals surface area contributed by atoms with Crippen molar-refractivity contribution in [2.75, 3.05) is 20.1 Å². The first kappa shape index (κ1) is 14.8. The van der Waals surface area contributed by atoms with E-state index in [0.29, 0.717) is 24.7 Å². The Morgan fingerprint density at radius 3 is 2.38 bits per heavy atom. The summed E-state index contributed by atoms with van der Waals surface area (Å²) in [5.74, 6) is -0.00898. The molecule has 1 saturated carbocycles. The van der Waals surface area contributed by atoms with Crippen molar-refractivity contribution in [1.29, 1.82) is 0 Å². The number of amides is 2. The molecule has 2 saturated heterocycles. The average molecular weight is 294 g/mol. The van der Waals surface area contributed by atoms with Gasteiger partial charge in [-0.05, 0) is 38.5 Å².